The molecule has 1 fully saturated rings. The van der Waals surface area contributed by atoms with Crippen LogP contribution in [0.25, 0.3) is 5.82 Å². The molecule has 1 amide bonds. The molecule has 1 aliphatic rings. The Labute approximate surface area is 156 Å². The summed E-state index contributed by atoms with van der Waals surface area (Å²) in [6, 6.07) is 0. The van der Waals surface area contributed by atoms with Crippen molar-refractivity contribution in [1.29, 1.82) is 0 Å². The van der Waals surface area contributed by atoms with E-state index >= 15 is 0 Å². The minimum absolute atomic E-state index is 0.0642. The van der Waals surface area contributed by atoms with Gasteiger partial charge < -0.3 is 9.47 Å². The van der Waals surface area contributed by atoms with Crippen molar-refractivity contribution >= 4 is 5.91 Å². The number of nitrogens with zero attached hydrogens (tertiary/aromatic N) is 8. The molecule has 4 heterocycles. The standard InChI is InChI=1S/C17H23N9O/c1-2-3-7-24-9-6-18-15(24)13-5-4-8-25(11-13)17(27)14-10-19-21-16(14)26-12-20-22-23-26/h6,9-10,12-13H,2-5,7-8,11H2,1H3,(H,19,21)/t13-/m1/s1. The van der Waals surface area contributed by atoms with Crippen molar-refractivity contribution < 1.29 is 4.79 Å². The molecule has 1 N–H and O–H groups in total. The highest BCUT2D eigenvalue weighted by atomic mass is 16.2. The number of aromatic nitrogens is 8. The van der Waals surface area contributed by atoms with Crippen molar-refractivity contribution in [2.75, 3.05) is 13.1 Å². The van der Waals surface area contributed by atoms with Gasteiger partial charge in [0.1, 0.15) is 17.7 Å². The van der Waals surface area contributed by atoms with E-state index in [1.54, 1.807) is 0 Å². The lowest BCUT2D eigenvalue weighted by Crippen LogP contribution is -2.40. The van der Waals surface area contributed by atoms with Crippen LogP contribution in [0.5, 0.6) is 0 Å². The van der Waals surface area contributed by atoms with Crippen LogP contribution in [-0.2, 0) is 6.54 Å². The maximum Gasteiger partial charge on any atom is 0.259 e. The second-order valence-electron chi connectivity index (χ2n) is 6.81. The number of hydrogen-bond donors (Lipinski definition) is 1. The maximum atomic E-state index is 13.1. The average molecular weight is 369 g/mol. The van der Waals surface area contributed by atoms with E-state index in [1.807, 2.05) is 17.3 Å². The molecule has 0 aromatic carbocycles. The third-order valence-corrected chi connectivity index (χ3v) is 5.00. The van der Waals surface area contributed by atoms with Gasteiger partial charge in [0.05, 0.1) is 6.20 Å². The number of unbranched alkanes of at least 4 members (excludes halogenated alkanes) is 1. The molecule has 0 radical (unpaired) electrons. The maximum absolute atomic E-state index is 13.1. The summed E-state index contributed by atoms with van der Waals surface area (Å²) in [6.07, 6.45) is 11.1. The summed E-state index contributed by atoms with van der Waals surface area (Å²) >= 11 is 0. The molecule has 27 heavy (non-hydrogen) atoms. The van der Waals surface area contributed by atoms with E-state index in [0.29, 0.717) is 17.9 Å². The monoisotopic (exact) mass is 369 g/mol. The van der Waals surface area contributed by atoms with E-state index in [1.165, 1.54) is 17.2 Å². The molecule has 1 saturated heterocycles. The van der Waals surface area contributed by atoms with Gasteiger partial charge in [0.2, 0.25) is 0 Å². The molecular formula is C17H23N9O. The van der Waals surface area contributed by atoms with E-state index < -0.39 is 0 Å². The van der Waals surface area contributed by atoms with Crippen molar-refractivity contribution in [3.63, 3.8) is 0 Å². The Morgan fingerprint density at radius 3 is 3.15 bits per heavy atom. The van der Waals surface area contributed by atoms with Crippen molar-refractivity contribution in [3.05, 3.63) is 36.3 Å². The average Bonchev–Trinajstić information content (AvgIpc) is 3.46. The third-order valence-electron chi connectivity index (χ3n) is 5.00. The fraction of sp³-hybridized carbons (Fsp3) is 0.529. The van der Waals surface area contributed by atoms with Crippen molar-refractivity contribution in [2.45, 2.75) is 45.1 Å². The Balaban J connectivity index is 1.52. The number of carbonyl (C=O) groups is 1. The minimum atomic E-state index is -0.0642. The first-order valence-corrected chi connectivity index (χ1v) is 9.35. The summed E-state index contributed by atoms with van der Waals surface area (Å²) in [5.41, 5.74) is 0.470. The summed E-state index contributed by atoms with van der Waals surface area (Å²) in [6.45, 7) is 4.54. The van der Waals surface area contributed by atoms with Crippen LogP contribution < -0.4 is 0 Å². The van der Waals surface area contributed by atoms with Gasteiger partial charge in [-0.1, -0.05) is 13.3 Å². The lowest BCUT2D eigenvalue weighted by atomic mass is 9.96. The Bertz CT molecular complexity index is 882. The van der Waals surface area contributed by atoms with Crippen molar-refractivity contribution in [1.82, 2.24) is 44.9 Å². The fourth-order valence-corrected chi connectivity index (χ4v) is 3.62. The predicted octanol–water partition coefficient (Wildman–Crippen LogP) is 1.40. The van der Waals surface area contributed by atoms with E-state index in [0.717, 1.165) is 44.6 Å². The van der Waals surface area contributed by atoms with Crippen LogP contribution in [0.1, 0.15) is 54.7 Å². The highest BCUT2D eigenvalue weighted by Gasteiger charge is 2.30. The SMILES string of the molecule is CCCCn1ccnc1[C@@H]1CCCN(C(=O)c2cn[nH]c2-n2cnnn2)C1. The van der Waals surface area contributed by atoms with Gasteiger partial charge in [-0.3, -0.25) is 9.89 Å². The highest BCUT2D eigenvalue weighted by molar-refractivity contribution is 5.97. The van der Waals surface area contributed by atoms with Gasteiger partial charge in [-0.15, -0.1) is 5.10 Å². The van der Waals surface area contributed by atoms with Crippen LogP contribution in [0, 0.1) is 0 Å². The van der Waals surface area contributed by atoms with Gasteiger partial charge in [0.25, 0.3) is 5.91 Å². The van der Waals surface area contributed by atoms with Crippen LogP contribution in [-0.4, -0.2) is 63.9 Å². The summed E-state index contributed by atoms with van der Waals surface area (Å²) in [5, 5.41) is 17.9. The number of nitrogens with one attached hydrogen (secondary N) is 1. The molecule has 0 spiro atoms. The highest BCUT2D eigenvalue weighted by Crippen LogP contribution is 2.27. The molecule has 4 rings (SSSR count). The molecule has 10 heteroatoms. The van der Waals surface area contributed by atoms with E-state index in [9.17, 15) is 4.79 Å². The topological polar surface area (TPSA) is 110 Å². The van der Waals surface area contributed by atoms with Crippen LogP contribution in [0.3, 0.4) is 0 Å². The Hall–Kier alpha value is -3.04. The van der Waals surface area contributed by atoms with Gasteiger partial charge in [0, 0.05) is 37.9 Å². The summed E-state index contributed by atoms with van der Waals surface area (Å²) in [7, 11) is 0. The fourth-order valence-electron chi connectivity index (χ4n) is 3.62. The molecule has 142 valence electrons. The van der Waals surface area contributed by atoms with Gasteiger partial charge in [-0.25, -0.2) is 4.98 Å². The molecule has 0 saturated carbocycles. The van der Waals surface area contributed by atoms with Crippen LogP contribution in [0.2, 0.25) is 0 Å². The van der Waals surface area contributed by atoms with Gasteiger partial charge in [0.15, 0.2) is 5.82 Å². The van der Waals surface area contributed by atoms with E-state index in [2.05, 4.69) is 42.2 Å². The Morgan fingerprint density at radius 1 is 1.41 bits per heavy atom. The van der Waals surface area contributed by atoms with E-state index in [4.69, 9.17) is 0 Å². The third kappa shape index (κ3) is 3.46. The smallest absolute Gasteiger partial charge is 0.259 e. The van der Waals surface area contributed by atoms with Crippen LogP contribution >= 0.6 is 0 Å². The number of H-pyrrole nitrogens is 1. The molecule has 3 aromatic rings. The lowest BCUT2D eigenvalue weighted by molar-refractivity contribution is 0.0703. The van der Waals surface area contributed by atoms with Crippen molar-refractivity contribution in [2.24, 2.45) is 0 Å². The number of rotatable bonds is 6. The predicted molar refractivity (Wildman–Crippen MR) is 96.3 cm³/mol. The number of carbonyl (C=O) groups excluding carboxylic acids is 1. The first kappa shape index (κ1) is 17.4. The number of piperidine rings is 1. The first-order valence-electron chi connectivity index (χ1n) is 9.35. The number of amides is 1. The summed E-state index contributed by atoms with van der Waals surface area (Å²) < 4.78 is 3.64. The van der Waals surface area contributed by atoms with Crippen LogP contribution in [0.15, 0.2) is 24.9 Å². The number of likely N-dealkylation sites (tertiary alicyclic amines) is 1. The second kappa shape index (κ2) is 7.68. The number of imidazole rings is 1. The molecule has 10 nitrogen and oxygen atoms in total. The molecule has 0 aliphatic carbocycles. The molecule has 1 atom stereocenters. The zero-order valence-corrected chi connectivity index (χ0v) is 15.3. The second-order valence-corrected chi connectivity index (χ2v) is 6.81. The zero-order valence-electron chi connectivity index (χ0n) is 15.3. The summed E-state index contributed by atoms with van der Waals surface area (Å²) in [5.74, 6) is 1.74. The zero-order chi connectivity index (χ0) is 18.6. The van der Waals surface area contributed by atoms with Gasteiger partial charge >= 0.3 is 0 Å². The Morgan fingerprint density at radius 2 is 2.33 bits per heavy atom. The molecule has 0 bridgehead atoms. The molecular weight excluding hydrogens is 346 g/mol. The van der Waals surface area contributed by atoms with Gasteiger partial charge in [-0.2, -0.15) is 9.78 Å². The Kier molecular flexibility index (Phi) is 4.95. The number of hydrogen-bond acceptors (Lipinski definition) is 6. The largest absolute Gasteiger partial charge is 0.338 e. The number of aryl methyl sites for hydroxylation is 1. The quantitative estimate of drug-likeness (QED) is 0.703. The normalized spacial score (nSPS) is 17.4. The number of tetrazole rings is 1. The first-order chi connectivity index (χ1) is 13.3. The van der Waals surface area contributed by atoms with Crippen molar-refractivity contribution in [3.8, 4) is 5.82 Å². The van der Waals surface area contributed by atoms with Crippen LogP contribution in [0.4, 0.5) is 0 Å². The number of aromatic amines is 1. The molecule has 3 aromatic heterocycles. The molecule has 0 unspecified atom stereocenters. The van der Waals surface area contributed by atoms with Gasteiger partial charge in [-0.05, 0) is 29.7 Å². The minimum Gasteiger partial charge on any atom is -0.338 e. The molecule has 1 aliphatic heterocycles. The lowest BCUT2D eigenvalue weighted by Gasteiger charge is -2.32. The van der Waals surface area contributed by atoms with E-state index in [-0.39, 0.29) is 11.8 Å². The summed E-state index contributed by atoms with van der Waals surface area (Å²) in [4.78, 5) is 19.6.